The number of hydrogen-bond donors (Lipinski definition) is 0. The molecule has 112 valence electrons. The zero-order valence-corrected chi connectivity index (χ0v) is 12.9. The van der Waals surface area contributed by atoms with Crippen LogP contribution < -0.4 is 0 Å². The van der Waals surface area contributed by atoms with Crippen LogP contribution in [0.25, 0.3) is 0 Å². The number of Topliss-reactive ketones (excluding diaryl/α,β-unsaturated/α-hetero) is 1. The molecule has 1 saturated heterocycles. The number of ketones is 1. The first-order valence-corrected chi connectivity index (χ1v) is 8.67. The first-order valence-electron chi connectivity index (χ1n) is 7.23. The van der Waals surface area contributed by atoms with Gasteiger partial charge in [-0.2, -0.15) is 0 Å². The first kappa shape index (κ1) is 14.3. The van der Waals surface area contributed by atoms with Crippen molar-refractivity contribution in [1.82, 2.24) is 4.31 Å². The summed E-state index contributed by atoms with van der Waals surface area (Å²) in [7, 11) is -3.62. The third kappa shape index (κ3) is 2.29. The van der Waals surface area contributed by atoms with Gasteiger partial charge in [-0.25, -0.2) is 8.42 Å². The molecule has 1 aromatic carbocycles. The number of allylic oxidation sites excluding steroid dienone is 1. The maximum atomic E-state index is 12.8. The number of hydrogen-bond acceptors (Lipinski definition) is 3. The summed E-state index contributed by atoms with van der Waals surface area (Å²) in [6, 6.07) is 6.79. The molecule has 1 aliphatic carbocycles. The smallest absolute Gasteiger partial charge is 0.264 e. The third-order valence-electron chi connectivity index (χ3n) is 4.56. The summed E-state index contributed by atoms with van der Waals surface area (Å²) in [6.07, 6.45) is 2.18. The van der Waals surface area contributed by atoms with Gasteiger partial charge in [0.25, 0.3) is 10.0 Å². The van der Waals surface area contributed by atoms with Gasteiger partial charge < -0.3 is 0 Å². The summed E-state index contributed by atoms with van der Waals surface area (Å²) in [5, 5.41) is 0. The zero-order chi connectivity index (χ0) is 15.2. The van der Waals surface area contributed by atoms with Crippen LogP contribution in [-0.4, -0.2) is 25.1 Å². The SMILES string of the molecule is C=C1C2CCC(CCN1S(=O)(=O)c1ccc(C)cc1)C2=O. The molecule has 0 aromatic heterocycles. The molecule has 0 N–H and O–H groups in total. The van der Waals surface area contributed by atoms with E-state index >= 15 is 0 Å². The van der Waals surface area contributed by atoms with Crippen LogP contribution in [-0.2, 0) is 14.8 Å². The molecule has 1 aromatic rings. The Morgan fingerprint density at radius 2 is 1.81 bits per heavy atom. The first-order chi connectivity index (χ1) is 9.91. The fraction of sp³-hybridized carbons (Fsp3) is 0.438. The van der Waals surface area contributed by atoms with Crippen molar-refractivity contribution in [3.63, 3.8) is 0 Å². The number of fused-ring (bicyclic) bond motifs is 2. The number of rotatable bonds is 2. The van der Waals surface area contributed by atoms with E-state index in [2.05, 4.69) is 6.58 Å². The van der Waals surface area contributed by atoms with Crippen molar-refractivity contribution in [2.75, 3.05) is 6.54 Å². The Morgan fingerprint density at radius 1 is 1.14 bits per heavy atom. The highest BCUT2D eigenvalue weighted by Gasteiger charge is 2.43. The predicted octanol–water partition coefficient (Wildman–Crippen LogP) is 2.50. The molecule has 21 heavy (non-hydrogen) atoms. The van der Waals surface area contributed by atoms with Crippen molar-refractivity contribution in [3.05, 3.63) is 42.1 Å². The summed E-state index contributed by atoms with van der Waals surface area (Å²) in [5.74, 6) is -0.149. The minimum atomic E-state index is -3.62. The fourth-order valence-corrected chi connectivity index (χ4v) is 4.77. The molecule has 0 radical (unpaired) electrons. The average Bonchev–Trinajstić information content (AvgIpc) is 2.73. The van der Waals surface area contributed by atoms with Crippen LogP contribution in [0.4, 0.5) is 0 Å². The molecular formula is C16H19NO3S. The van der Waals surface area contributed by atoms with E-state index in [4.69, 9.17) is 0 Å². The quantitative estimate of drug-likeness (QED) is 0.843. The van der Waals surface area contributed by atoms with Gasteiger partial charge >= 0.3 is 0 Å². The van der Waals surface area contributed by atoms with Crippen molar-refractivity contribution >= 4 is 15.8 Å². The molecule has 2 atom stereocenters. The lowest BCUT2D eigenvalue weighted by Gasteiger charge is -2.28. The number of benzene rings is 1. The van der Waals surface area contributed by atoms with Crippen LogP contribution in [0.3, 0.4) is 0 Å². The van der Waals surface area contributed by atoms with E-state index in [0.29, 0.717) is 18.7 Å². The maximum Gasteiger partial charge on any atom is 0.264 e. The molecular weight excluding hydrogens is 286 g/mol. The van der Waals surface area contributed by atoms with E-state index in [1.165, 1.54) is 4.31 Å². The summed E-state index contributed by atoms with van der Waals surface area (Å²) in [6.45, 7) is 6.18. The van der Waals surface area contributed by atoms with Gasteiger partial charge in [0.1, 0.15) is 5.78 Å². The number of aryl methyl sites for hydroxylation is 1. The van der Waals surface area contributed by atoms with Gasteiger partial charge in [0.05, 0.1) is 10.8 Å². The molecule has 0 amide bonds. The minimum absolute atomic E-state index is 0.00460. The molecule has 0 spiro atoms. The van der Waals surface area contributed by atoms with Crippen molar-refractivity contribution < 1.29 is 13.2 Å². The topological polar surface area (TPSA) is 54.5 Å². The highest BCUT2D eigenvalue weighted by atomic mass is 32.2. The lowest BCUT2D eigenvalue weighted by molar-refractivity contribution is -0.122. The molecule has 1 heterocycles. The summed E-state index contributed by atoms with van der Waals surface area (Å²) < 4.78 is 26.9. The monoisotopic (exact) mass is 305 g/mol. The Kier molecular flexibility index (Phi) is 3.40. The molecule has 2 bridgehead atoms. The van der Waals surface area contributed by atoms with Gasteiger partial charge in [-0.15, -0.1) is 0 Å². The van der Waals surface area contributed by atoms with Crippen molar-refractivity contribution in [2.24, 2.45) is 11.8 Å². The summed E-state index contributed by atoms with van der Waals surface area (Å²) in [5.41, 5.74) is 1.46. The minimum Gasteiger partial charge on any atom is -0.299 e. The van der Waals surface area contributed by atoms with E-state index in [1.54, 1.807) is 24.3 Å². The molecule has 2 aliphatic rings. The van der Waals surface area contributed by atoms with Crippen LogP contribution in [0, 0.1) is 18.8 Å². The molecule has 5 heteroatoms. The molecule has 2 fully saturated rings. The highest BCUT2D eigenvalue weighted by Crippen LogP contribution is 2.40. The fourth-order valence-electron chi connectivity index (χ4n) is 3.26. The Morgan fingerprint density at radius 3 is 2.48 bits per heavy atom. The lowest BCUT2D eigenvalue weighted by Crippen LogP contribution is -2.33. The van der Waals surface area contributed by atoms with Crippen LogP contribution in [0.5, 0.6) is 0 Å². The Bertz CT molecular complexity index is 691. The zero-order valence-electron chi connectivity index (χ0n) is 12.1. The van der Waals surface area contributed by atoms with Gasteiger partial charge in [-0.05, 0) is 38.3 Å². The van der Waals surface area contributed by atoms with Gasteiger partial charge in [-0.3, -0.25) is 9.10 Å². The second kappa shape index (κ2) is 4.98. The number of carbonyl (C=O) groups is 1. The van der Waals surface area contributed by atoms with Gasteiger partial charge in [0.15, 0.2) is 0 Å². The van der Waals surface area contributed by atoms with E-state index in [1.807, 2.05) is 6.92 Å². The second-order valence-corrected chi connectivity index (χ2v) is 7.76. The van der Waals surface area contributed by atoms with Crippen LogP contribution in [0.15, 0.2) is 41.4 Å². The molecule has 2 unspecified atom stereocenters. The average molecular weight is 305 g/mol. The molecule has 4 nitrogen and oxygen atoms in total. The lowest BCUT2D eigenvalue weighted by atomic mass is 10.0. The van der Waals surface area contributed by atoms with Gasteiger partial charge in [0, 0.05) is 18.2 Å². The second-order valence-electron chi connectivity index (χ2n) is 5.90. The van der Waals surface area contributed by atoms with Crippen LogP contribution in [0.2, 0.25) is 0 Å². The Hall–Kier alpha value is -1.62. The normalized spacial score (nSPS) is 26.0. The van der Waals surface area contributed by atoms with E-state index in [0.717, 1.165) is 18.4 Å². The Balaban J connectivity index is 1.97. The van der Waals surface area contributed by atoms with Crippen LogP contribution in [0.1, 0.15) is 24.8 Å². The van der Waals surface area contributed by atoms with Gasteiger partial charge in [0.2, 0.25) is 0 Å². The van der Waals surface area contributed by atoms with E-state index in [-0.39, 0.29) is 22.5 Å². The molecule has 3 rings (SSSR count). The largest absolute Gasteiger partial charge is 0.299 e. The van der Waals surface area contributed by atoms with Crippen molar-refractivity contribution in [1.29, 1.82) is 0 Å². The van der Waals surface area contributed by atoms with E-state index in [9.17, 15) is 13.2 Å². The van der Waals surface area contributed by atoms with E-state index < -0.39 is 10.0 Å². The third-order valence-corrected chi connectivity index (χ3v) is 6.43. The molecule has 1 aliphatic heterocycles. The molecule has 1 saturated carbocycles. The predicted molar refractivity (Wildman–Crippen MR) is 80.0 cm³/mol. The van der Waals surface area contributed by atoms with Gasteiger partial charge in [-0.1, -0.05) is 24.3 Å². The van der Waals surface area contributed by atoms with Crippen molar-refractivity contribution in [3.8, 4) is 0 Å². The summed E-state index contributed by atoms with van der Waals surface area (Å²) in [4.78, 5) is 12.5. The van der Waals surface area contributed by atoms with Crippen molar-refractivity contribution in [2.45, 2.75) is 31.1 Å². The standard InChI is InChI=1S/C16H19NO3S/c1-11-3-6-14(7-4-11)21(19,20)17-10-9-13-5-8-15(12(17)2)16(13)18/h3-4,6-7,13,15H,2,5,8-10H2,1H3. The number of carbonyl (C=O) groups excluding carboxylic acids is 1. The Labute approximate surface area is 125 Å². The maximum absolute atomic E-state index is 12.8. The number of nitrogens with zero attached hydrogens (tertiary/aromatic N) is 1. The summed E-state index contributed by atoms with van der Waals surface area (Å²) >= 11 is 0. The number of sulfonamides is 1. The highest BCUT2D eigenvalue weighted by molar-refractivity contribution is 7.89. The van der Waals surface area contributed by atoms with Crippen LogP contribution >= 0.6 is 0 Å².